The second-order valence-electron chi connectivity index (χ2n) is 5.42. The molecular weight excluding hydrogens is 256 g/mol. The van der Waals surface area contributed by atoms with Crippen LogP contribution >= 0.6 is 0 Å². The number of nitro groups is 1. The van der Waals surface area contributed by atoms with E-state index in [0.717, 1.165) is 18.5 Å². The van der Waals surface area contributed by atoms with E-state index in [-0.39, 0.29) is 11.5 Å². The predicted molar refractivity (Wildman–Crippen MR) is 78.4 cm³/mol. The third-order valence-corrected chi connectivity index (χ3v) is 4.07. The Morgan fingerprint density at radius 3 is 2.50 bits per heavy atom. The molecule has 0 unspecified atom stereocenters. The van der Waals surface area contributed by atoms with E-state index >= 15 is 0 Å². The van der Waals surface area contributed by atoms with Crippen molar-refractivity contribution in [2.45, 2.75) is 45.1 Å². The number of anilines is 1. The Kier molecular flexibility index (Phi) is 4.37. The largest absolute Gasteiger partial charge is 0.371 e. The number of nitro benzene ring substituents is 1. The van der Waals surface area contributed by atoms with Gasteiger partial charge in [-0.1, -0.05) is 19.3 Å². The summed E-state index contributed by atoms with van der Waals surface area (Å²) < 4.78 is 0. The van der Waals surface area contributed by atoms with Crippen molar-refractivity contribution in [3.05, 3.63) is 33.9 Å². The molecule has 0 N–H and O–H groups in total. The van der Waals surface area contributed by atoms with Gasteiger partial charge in [0.05, 0.1) is 4.92 Å². The van der Waals surface area contributed by atoms with Crippen LogP contribution in [0.15, 0.2) is 18.2 Å². The van der Waals surface area contributed by atoms with E-state index in [4.69, 9.17) is 0 Å². The van der Waals surface area contributed by atoms with E-state index in [1.54, 1.807) is 6.07 Å². The number of hydrogen-bond acceptors (Lipinski definition) is 4. The first-order chi connectivity index (χ1) is 9.50. The molecule has 0 radical (unpaired) electrons. The van der Waals surface area contributed by atoms with Crippen LogP contribution < -0.4 is 4.90 Å². The van der Waals surface area contributed by atoms with Gasteiger partial charge in [0.1, 0.15) is 0 Å². The maximum atomic E-state index is 11.8. The van der Waals surface area contributed by atoms with Gasteiger partial charge in [0.25, 0.3) is 5.69 Å². The van der Waals surface area contributed by atoms with Gasteiger partial charge < -0.3 is 4.90 Å². The van der Waals surface area contributed by atoms with Gasteiger partial charge in [0, 0.05) is 36.5 Å². The molecule has 1 saturated carbocycles. The van der Waals surface area contributed by atoms with Crippen molar-refractivity contribution >= 4 is 17.2 Å². The summed E-state index contributed by atoms with van der Waals surface area (Å²) in [4.78, 5) is 24.3. The molecule has 1 aromatic rings. The summed E-state index contributed by atoms with van der Waals surface area (Å²) in [5.74, 6) is -0.133. The number of hydrogen-bond donors (Lipinski definition) is 0. The number of Topliss-reactive ketones (excluding diaryl/α,β-unsaturated/α-hetero) is 1. The molecule has 0 atom stereocenters. The van der Waals surface area contributed by atoms with E-state index in [9.17, 15) is 14.9 Å². The molecule has 5 nitrogen and oxygen atoms in total. The molecule has 5 heteroatoms. The van der Waals surface area contributed by atoms with Gasteiger partial charge in [0.2, 0.25) is 0 Å². The second-order valence-corrected chi connectivity index (χ2v) is 5.42. The lowest BCUT2D eigenvalue weighted by Crippen LogP contribution is -2.34. The van der Waals surface area contributed by atoms with Crippen molar-refractivity contribution in [2.24, 2.45) is 0 Å². The van der Waals surface area contributed by atoms with Crippen LogP contribution in [0.4, 0.5) is 11.4 Å². The number of non-ortho nitro benzene ring substituents is 1. The quantitative estimate of drug-likeness (QED) is 0.479. The molecule has 0 aliphatic heterocycles. The Bertz CT molecular complexity index is 522. The van der Waals surface area contributed by atoms with Crippen LogP contribution in [-0.2, 0) is 0 Å². The highest BCUT2D eigenvalue weighted by Crippen LogP contribution is 2.30. The number of carbonyl (C=O) groups excluding carboxylic acids is 1. The molecule has 0 aromatic heterocycles. The zero-order valence-electron chi connectivity index (χ0n) is 12.0. The molecule has 1 aliphatic rings. The Morgan fingerprint density at radius 1 is 1.30 bits per heavy atom. The maximum Gasteiger partial charge on any atom is 0.270 e. The van der Waals surface area contributed by atoms with Crippen LogP contribution in [0.3, 0.4) is 0 Å². The summed E-state index contributed by atoms with van der Waals surface area (Å²) in [5, 5.41) is 10.8. The average molecular weight is 276 g/mol. The Labute approximate surface area is 118 Å². The van der Waals surface area contributed by atoms with Crippen molar-refractivity contribution < 1.29 is 9.72 Å². The predicted octanol–water partition coefficient (Wildman–Crippen LogP) is 3.57. The average Bonchev–Trinajstić information content (AvgIpc) is 2.46. The van der Waals surface area contributed by atoms with Gasteiger partial charge in [-0.25, -0.2) is 0 Å². The first-order valence-electron chi connectivity index (χ1n) is 7.03. The van der Waals surface area contributed by atoms with Crippen LogP contribution in [0.1, 0.15) is 49.4 Å². The van der Waals surface area contributed by atoms with Gasteiger partial charge in [-0.2, -0.15) is 0 Å². The van der Waals surface area contributed by atoms with Crippen molar-refractivity contribution in [1.29, 1.82) is 0 Å². The lowest BCUT2D eigenvalue weighted by atomic mass is 9.93. The van der Waals surface area contributed by atoms with Crippen LogP contribution in [0, 0.1) is 10.1 Å². The van der Waals surface area contributed by atoms with E-state index in [1.807, 2.05) is 7.05 Å². The maximum absolute atomic E-state index is 11.8. The standard InChI is InChI=1S/C15H20N2O3/c1-11(18)14-10-13(17(19)20)8-9-15(14)16(2)12-6-4-3-5-7-12/h8-10,12H,3-7H2,1-2H3. The number of nitrogens with zero attached hydrogens (tertiary/aromatic N) is 2. The van der Waals surface area contributed by atoms with Gasteiger partial charge in [-0.15, -0.1) is 0 Å². The lowest BCUT2D eigenvalue weighted by molar-refractivity contribution is -0.384. The topological polar surface area (TPSA) is 63.4 Å². The van der Waals surface area contributed by atoms with Crippen molar-refractivity contribution in [2.75, 3.05) is 11.9 Å². The summed E-state index contributed by atoms with van der Waals surface area (Å²) in [6, 6.07) is 4.98. The molecule has 0 amide bonds. The second kappa shape index (κ2) is 6.03. The number of benzene rings is 1. The first kappa shape index (κ1) is 14.5. The van der Waals surface area contributed by atoms with E-state index in [2.05, 4.69) is 4.90 Å². The molecule has 1 aliphatic carbocycles. The molecule has 0 heterocycles. The van der Waals surface area contributed by atoms with E-state index < -0.39 is 4.92 Å². The normalized spacial score (nSPS) is 15.9. The van der Waals surface area contributed by atoms with Crippen molar-refractivity contribution in [3.8, 4) is 0 Å². The third-order valence-electron chi connectivity index (χ3n) is 4.07. The highest BCUT2D eigenvalue weighted by Gasteiger charge is 2.22. The van der Waals surface area contributed by atoms with Gasteiger partial charge in [-0.3, -0.25) is 14.9 Å². The molecule has 2 rings (SSSR count). The SMILES string of the molecule is CC(=O)c1cc([N+](=O)[O-])ccc1N(C)C1CCCCC1. The summed E-state index contributed by atoms with van der Waals surface area (Å²) in [5.41, 5.74) is 1.21. The molecule has 1 aromatic carbocycles. The zero-order valence-corrected chi connectivity index (χ0v) is 12.0. The summed E-state index contributed by atoms with van der Waals surface area (Å²) in [7, 11) is 1.98. The zero-order chi connectivity index (χ0) is 14.7. The summed E-state index contributed by atoms with van der Waals surface area (Å²) in [6.07, 6.45) is 5.91. The summed E-state index contributed by atoms with van der Waals surface area (Å²) in [6.45, 7) is 1.46. The highest BCUT2D eigenvalue weighted by molar-refractivity contribution is 6.00. The molecule has 1 fully saturated rings. The number of rotatable bonds is 4. The number of ketones is 1. The Morgan fingerprint density at radius 2 is 1.95 bits per heavy atom. The van der Waals surface area contributed by atoms with Crippen LogP contribution in [0.5, 0.6) is 0 Å². The Hall–Kier alpha value is -1.91. The third kappa shape index (κ3) is 2.98. The summed E-state index contributed by atoms with van der Waals surface area (Å²) >= 11 is 0. The molecule has 0 bridgehead atoms. The molecular formula is C15H20N2O3. The molecule has 108 valence electrons. The molecule has 0 saturated heterocycles. The Balaban J connectivity index is 2.34. The lowest BCUT2D eigenvalue weighted by Gasteiger charge is -2.33. The fourth-order valence-corrected chi connectivity index (χ4v) is 2.89. The smallest absolute Gasteiger partial charge is 0.270 e. The van der Waals surface area contributed by atoms with Crippen LogP contribution in [0.25, 0.3) is 0 Å². The molecule has 20 heavy (non-hydrogen) atoms. The van der Waals surface area contributed by atoms with Gasteiger partial charge in [0.15, 0.2) is 5.78 Å². The van der Waals surface area contributed by atoms with Gasteiger partial charge in [-0.05, 0) is 25.8 Å². The van der Waals surface area contributed by atoms with Crippen molar-refractivity contribution in [1.82, 2.24) is 0 Å². The fourth-order valence-electron chi connectivity index (χ4n) is 2.89. The number of carbonyl (C=O) groups is 1. The molecule has 0 spiro atoms. The van der Waals surface area contributed by atoms with Crippen molar-refractivity contribution in [3.63, 3.8) is 0 Å². The van der Waals surface area contributed by atoms with Gasteiger partial charge >= 0.3 is 0 Å². The minimum Gasteiger partial charge on any atom is -0.371 e. The van der Waals surface area contributed by atoms with Crippen LogP contribution in [0.2, 0.25) is 0 Å². The monoisotopic (exact) mass is 276 g/mol. The fraction of sp³-hybridized carbons (Fsp3) is 0.533. The van der Waals surface area contributed by atoms with E-state index in [0.29, 0.717) is 11.6 Å². The van der Waals surface area contributed by atoms with Crippen LogP contribution in [-0.4, -0.2) is 23.8 Å². The first-order valence-corrected chi connectivity index (χ1v) is 7.03. The highest BCUT2D eigenvalue weighted by atomic mass is 16.6. The van der Waals surface area contributed by atoms with E-state index in [1.165, 1.54) is 38.3 Å². The minimum absolute atomic E-state index is 0.0315. The minimum atomic E-state index is -0.461.